The average molecular weight is 544 g/mol. The topological polar surface area (TPSA) is 135 Å². The van der Waals surface area contributed by atoms with E-state index in [4.69, 9.17) is 10.5 Å². The van der Waals surface area contributed by atoms with Gasteiger partial charge in [0, 0.05) is 50.4 Å². The molecule has 37 heavy (non-hydrogen) atoms. The highest BCUT2D eigenvalue weighted by molar-refractivity contribution is 7.88. The molecule has 1 aromatic carbocycles. The number of hydrogen-bond donors (Lipinski definition) is 1. The molecule has 0 aliphatic carbocycles. The van der Waals surface area contributed by atoms with Crippen LogP contribution in [0.4, 0.5) is 25.1 Å². The van der Waals surface area contributed by atoms with E-state index in [0.29, 0.717) is 58.3 Å². The number of ether oxygens (including phenoxy) is 1. The van der Waals surface area contributed by atoms with Gasteiger partial charge in [0.15, 0.2) is 5.82 Å². The third-order valence-corrected chi connectivity index (χ3v) is 7.77. The second-order valence-corrected chi connectivity index (χ2v) is 11.0. The molecule has 11 nitrogen and oxygen atoms in total. The highest BCUT2D eigenvalue weighted by Crippen LogP contribution is 2.34. The third kappa shape index (κ3) is 6.27. The van der Waals surface area contributed by atoms with Crippen LogP contribution in [0.25, 0.3) is 11.4 Å². The molecule has 3 heterocycles. The lowest BCUT2D eigenvalue weighted by atomic mass is 10.0. The molecule has 2 fully saturated rings. The largest absolute Gasteiger partial charge is 0.416 e. The SMILES string of the molecule is CN(c1nc(-c2cc(C(N)=O)cc(C(F)(F)F)c2)nc(N2CCOCC2)n1)C1CCN(S(C)(=O)=O)CC1. The highest BCUT2D eigenvalue weighted by Gasteiger charge is 2.33. The van der Waals surface area contributed by atoms with Gasteiger partial charge < -0.3 is 20.3 Å². The molecule has 0 saturated carbocycles. The minimum atomic E-state index is -4.71. The quantitative estimate of drug-likeness (QED) is 0.573. The van der Waals surface area contributed by atoms with Crippen molar-refractivity contribution in [3.05, 3.63) is 29.3 Å². The Hall–Kier alpha value is -3.04. The van der Waals surface area contributed by atoms with E-state index in [9.17, 15) is 26.4 Å². The molecule has 1 amide bonds. The van der Waals surface area contributed by atoms with Crippen molar-refractivity contribution in [3.8, 4) is 11.4 Å². The van der Waals surface area contributed by atoms with Crippen LogP contribution in [-0.2, 0) is 20.9 Å². The monoisotopic (exact) mass is 543 g/mol. The Morgan fingerprint density at radius 1 is 1.08 bits per heavy atom. The Morgan fingerprint density at radius 2 is 1.73 bits per heavy atom. The predicted octanol–water partition coefficient (Wildman–Crippen LogP) is 1.35. The second kappa shape index (κ2) is 10.4. The first kappa shape index (κ1) is 27.0. The minimum absolute atomic E-state index is 0.0259. The predicted molar refractivity (Wildman–Crippen MR) is 130 cm³/mol. The van der Waals surface area contributed by atoms with Gasteiger partial charge >= 0.3 is 6.18 Å². The highest BCUT2D eigenvalue weighted by atomic mass is 32.2. The van der Waals surface area contributed by atoms with E-state index in [1.54, 1.807) is 11.9 Å². The second-order valence-electron chi connectivity index (χ2n) is 9.02. The molecule has 2 aliphatic rings. The van der Waals surface area contributed by atoms with Crippen LogP contribution in [-0.4, -0.2) is 92.3 Å². The lowest BCUT2D eigenvalue weighted by Crippen LogP contribution is -2.46. The number of carbonyl (C=O) groups is 1. The van der Waals surface area contributed by atoms with Crippen molar-refractivity contribution in [1.29, 1.82) is 0 Å². The summed E-state index contributed by atoms with van der Waals surface area (Å²) in [6.45, 7) is 2.50. The zero-order chi connectivity index (χ0) is 27.0. The minimum Gasteiger partial charge on any atom is -0.378 e. The van der Waals surface area contributed by atoms with Crippen molar-refractivity contribution >= 4 is 27.8 Å². The van der Waals surface area contributed by atoms with Gasteiger partial charge in [-0.25, -0.2) is 12.7 Å². The Labute approximate surface area is 212 Å². The summed E-state index contributed by atoms with van der Waals surface area (Å²) < 4.78 is 71.3. The van der Waals surface area contributed by atoms with Crippen molar-refractivity contribution in [2.45, 2.75) is 25.1 Å². The first-order chi connectivity index (χ1) is 17.3. The van der Waals surface area contributed by atoms with Gasteiger partial charge in [0.2, 0.25) is 27.8 Å². The number of sulfonamides is 1. The average Bonchev–Trinajstić information content (AvgIpc) is 2.87. The van der Waals surface area contributed by atoms with E-state index >= 15 is 0 Å². The van der Waals surface area contributed by atoms with Gasteiger partial charge in [-0.1, -0.05) is 0 Å². The van der Waals surface area contributed by atoms with Crippen molar-refractivity contribution in [3.63, 3.8) is 0 Å². The molecule has 1 aromatic heterocycles. The van der Waals surface area contributed by atoms with Crippen LogP contribution in [0.5, 0.6) is 0 Å². The Kier molecular flexibility index (Phi) is 7.57. The van der Waals surface area contributed by atoms with E-state index in [2.05, 4.69) is 15.0 Å². The first-order valence-electron chi connectivity index (χ1n) is 11.6. The Balaban J connectivity index is 1.75. The summed E-state index contributed by atoms with van der Waals surface area (Å²) in [6, 6.07) is 2.69. The van der Waals surface area contributed by atoms with Gasteiger partial charge in [-0.2, -0.15) is 28.1 Å². The van der Waals surface area contributed by atoms with Crippen LogP contribution in [0, 0.1) is 0 Å². The van der Waals surface area contributed by atoms with E-state index < -0.39 is 27.7 Å². The summed E-state index contributed by atoms with van der Waals surface area (Å²) in [6.07, 6.45) is -2.51. The number of nitrogens with zero attached hydrogens (tertiary/aromatic N) is 6. The van der Waals surface area contributed by atoms with Gasteiger partial charge in [-0.3, -0.25) is 4.79 Å². The number of nitrogens with two attached hydrogens (primary N) is 1. The molecule has 2 saturated heterocycles. The number of aromatic nitrogens is 3. The number of piperidine rings is 1. The molecule has 0 radical (unpaired) electrons. The van der Waals surface area contributed by atoms with E-state index in [1.165, 1.54) is 16.6 Å². The molecule has 0 bridgehead atoms. The van der Waals surface area contributed by atoms with Crippen molar-refractivity contribution < 1.29 is 31.1 Å². The first-order valence-corrected chi connectivity index (χ1v) is 13.5. The van der Waals surface area contributed by atoms with Crippen LogP contribution in [0.15, 0.2) is 18.2 Å². The molecule has 0 spiro atoms. The van der Waals surface area contributed by atoms with Gasteiger partial charge in [0.1, 0.15) is 0 Å². The van der Waals surface area contributed by atoms with Gasteiger partial charge in [-0.15, -0.1) is 0 Å². The summed E-state index contributed by atoms with van der Waals surface area (Å²) in [5.74, 6) is -0.561. The van der Waals surface area contributed by atoms with E-state index in [0.717, 1.165) is 6.07 Å². The van der Waals surface area contributed by atoms with E-state index in [-0.39, 0.29) is 34.9 Å². The maximum Gasteiger partial charge on any atom is 0.416 e. The molecule has 2 aliphatic heterocycles. The number of anilines is 2. The fourth-order valence-corrected chi connectivity index (χ4v) is 5.21. The van der Waals surface area contributed by atoms with E-state index in [1.807, 2.05) is 4.90 Å². The van der Waals surface area contributed by atoms with Crippen molar-refractivity contribution in [2.24, 2.45) is 5.73 Å². The number of carbonyl (C=O) groups excluding carboxylic acids is 1. The number of primary amides is 1. The maximum absolute atomic E-state index is 13.6. The molecule has 202 valence electrons. The summed E-state index contributed by atoms with van der Waals surface area (Å²) in [4.78, 5) is 28.9. The Bertz CT molecular complexity index is 1260. The molecular formula is C22H28F3N7O4S. The number of amides is 1. The maximum atomic E-state index is 13.6. The van der Waals surface area contributed by atoms with Gasteiger partial charge in [0.05, 0.1) is 25.0 Å². The van der Waals surface area contributed by atoms with Gasteiger partial charge in [0.25, 0.3) is 0 Å². The van der Waals surface area contributed by atoms with Crippen LogP contribution < -0.4 is 15.5 Å². The molecule has 0 unspecified atom stereocenters. The van der Waals surface area contributed by atoms with Crippen LogP contribution >= 0.6 is 0 Å². The summed E-state index contributed by atoms with van der Waals surface area (Å²) in [7, 11) is -1.55. The molecule has 2 aromatic rings. The van der Waals surface area contributed by atoms with Crippen molar-refractivity contribution in [1.82, 2.24) is 19.3 Å². The smallest absolute Gasteiger partial charge is 0.378 e. The molecule has 15 heteroatoms. The normalized spacial score (nSPS) is 18.1. The standard InChI is InChI=1S/C22H28F3N7O4S/c1-30(17-3-5-32(6-4-17)37(2,34)35)20-27-19(28-21(29-20)31-7-9-36-10-8-31)15-11-14(18(26)33)12-16(13-15)22(23,24)25/h11-13,17H,3-10H2,1-2H3,(H2,26,33). The van der Waals surface area contributed by atoms with Gasteiger partial charge in [-0.05, 0) is 31.0 Å². The number of rotatable bonds is 6. The summed E-state index contributed by atoms with van der Waals surface area (Å²) in [5.41, 5.74) is 3.91. The van der Waals surface area contributed by atoms with Crippen LogP contribution in [0.3, 0.4) is 0 Å². The summed E-state index contributed by atoms with van der Waals surface area (Å²) in [5, 5.41) is 0. The van der Waals surface area contributed by atoms with Crippen molar-refractivity contribution in [2.75, 3.05) is 62.5 Å². The zero-order valence-corrected chi connectivity index (χ0v) is 21.2. The molecular weight excluding hydrogens is 515 g/mol. The lowest BCUT2D eigenvalue weighted by Gasteiger charge is -2.36. The molecule has 4 rings (SSSR count). The zero-order valence-electron chi connectivity index (χ0n) is 20.4. The number of benzene rings is 1. The fourth-order valence-electron chi connectivity index (χ4n) is 4.33. The molecule has 0 atom stereocenters. The number of morpholine rings is 1. The number of halogens is 3. The molecule has 2 N–H and O–H groups in total. The lowest BCUT2D eigenvalue weighted by molar-refractivity contribution is -0.137. The summed E-state index contributed by atoms with van der Waals surface area (Å²) >= 11 is 0. The third-order valence-electron chi connectivity index (χ3n) is 6.46. The van der Waals surface area contributed by atoms with Crippen LogP contribution in [0.1, 0.15) is 28.8 Å². The fraction of sp³-hybridized carbons (Fsp3) is 0.545. The number of alkyl halides is 3. The number of hydrogen-bond acceptors (Lipinski definition) is 9. The van der Waals surface area contributed by atoms with Crippen LogP contribution in [0.2, 0.25) is 0 Å². The Morgan fingerprint density at radius 3 is 2.30 bits per heavy atom.